The lowest BCUT2D eigenvalue weighted by atomic mass is 10.1. The van der Waals surface area contributed by atoms with Gasteiger partial charge in [0.15, 0.2) is 0 Å². The smallest absolute Gasteiger partial charge is 0.128 e. The number of rotatable bonds is 4. The quantitative estimate of drug-likeness (QED) is 0.828. The standard InChI is InChI=1S/C14H23N3O2/c1-14(2,19)11-16-5-7-17(8-6-16)13-4-3-12(10-18)9-15-13/h3-4,9,18-19H,5-8,10-11H2,1-2H3. The number of anilines is 1. The van der Waals surface area contributed by atoms with Crippen molar-refractivity contribution in [3.05, 3.63) is 23.9 Å². The number of hydrogen-bond acceptors (Lipinski definition) is 5. The molecule has 1 aromatic rings. The molecule has 1 fully saturated rings. The second-order valence-corrected chi connectivity index (χ2v) is 5.76. The highest BCUT2D eigenvalue weighted by Gasteiger charge is 2.23. The second kappa shape index (κ2) is 5.86. The van der Waals surface area contributed by atoms with Gasteiger partial charge in [0.2, 0.25) is 0 Å². The molecule has 2 N–H and O–H groups in total. The monoisotopic (exact) mass is 265 g/mol. The molecule has 106 valence electrons. The normalized spacial score (nSPS) is 17.8. The van der Waals surface area contributed by atoms with Gasteiger partial charge in [-0.1, -0.05) is 6.07 Å². The molecule has 0 spiro atoms. The van der Waals surface area contributed by atoms with Gasteiger partial charge in [0.1, 0.15) is 5.82 Å². The first-order valence-corrected chi connectivity index (χ1v) is 6.73. The van der Waals surface area contributed by atoms with Crippen molar-refractivity contribution in [2.24, 2.45) is 0 Å². The van der Waals surface area contributed by atoms with Crippen molar-refractivity contribution in [1.29, 1.82) is 0 Å². The van der Waals surface area contributed by atoms with E-state index in [0.29, 0.717) is 6.54 Å². The molecule has 0 aromatic carbocycles. The van der Waals surface area contributed by atoms with Crippen molar-refractivity contribution in [2.45, 2.75) is 26.1 Å². The topological polar surface area (TPSA) is 59.8 Å². The molecule has 19 heavy (non-hydrogen) atoms. The lowest BCUT2D eigenvalue weighted by Gasteiger charge is -2.37. The Bertz CT molecular complexity index is 392. The van der Waals surface area contributed by atoms with Crippen molar-refractivity contribution in [3.8, 4) is 0 Å². The van der Waals surface area contributed by atoms with Crippen LogP contribution in [0, 0.1) is 0 Å². The molecule has 5 heteroatoms. The highest BCUT2D eigenvalue weighted by molar-refractivity contribution is 5.39. The molecule has 0 saturated carbocycles. The summed E-state index contributed by atoms with van der Waals surface area (Å²) in [6.07, 6.45) is 1.72. The Morgan fingerprint density at radius 2 is 1.89 bits per heavy atom. The Balaban J connectivity index is 1.88. The maximum atomic E-state index is 9.82. The molecule has 0 atom stereocenters. The first-order valence-electron chi connectivity index (χ1n) is 6.73. The molecule has 1 saturated heterocycles. The van der Waals surface area contributed by atoms with Crippen LogP contribution in [0.15, 0.2) is 18.3 Å². The summed E-state index contributed by atoms with van der Waals surface area (Å²) in [4.78, 5) is 8.89. The predicted molar refractivity (Wildman–Crippen MR) is 75.1 cm³/mol. The SMILES string of the molecule is CC(C)(O)CN1CCN(c2ccc(CO)cn2)CC1. The molecule has 2 rings (SSSR count). The first-order chi connectivity index (χ1) is 8.98. The Kier molecular flexibility index (Phi) is 4.39. The van der Waals surface area contributed by atoms with Gasteiger partial charge in [-0.15, -0.1) is 0 Å². The van der Waals surface area contributed by atoms with Gasteiger partial charge >= 0.3 is 0 Å². The van der Waals surface area contributed by atoms with E-state index in [2.05, 4.69) is 14.8 Å². The molecule has 1 aliphatic rings. The minimum absolute atomic E-state index is 0.0344. The summed E-state index contributed by atoms with van der Waals surface area (Å²) in [5.74, 6) is 0.958. The highest BCUT2D eigenvalue weighted by Crippen LogP contribution is 2.15. The number of pyridine rings is 1. The molecule has 1 aromatic heterocycles. The fourth-order valence-corrected chi connectivity index (χ4v) is 2.38. The summed E-state index contributed by atoms with van der Waals surface area (Å²) < 4.78 is 0. The average molecular weight is 265 g/mol. The third-order valence-electron chi connectivity index (χ3n) is 3.30. The molecule has 5 nitrogen and oxygen atoms in total. The van der Waals surface area contributed by atoms with Crippen LogP contribution in [0.25, 0.3) is 0 Å². The number of aromatic nitrogens is 1. The van der Waals surface area contributed by atoms with Crippen LogP contribution in [-0.2, 0) is 6.61 Å². The highest BCUT2D eigenvalue weighted by atomic mass is 16.3. The molecule has 0 aliphatic carbocycles. The van der Waals surface area contributed by atoms with Crippen molar-refractivity contribution in [1.82, 2.24) is 9.88 Å². The van der Waals surface area contributed by atoms with Crippen LogP contribution >= 0.6 is 0 Å². The second-order valence-electron chi connectivity index (χ2n) is 5.76. The Hall–Kier alpha value is -1.17. The molecule has 2 heterocycles. The van der Waals surface area contributed by atoms with Crippen molar-refractivity contribution >= 4 is 5.82 Å². The van der Waals surface area contributed by atoms with E-state index < -0.39 is 5.60 Å². The maximum Gasteiger partial charge on any atom is 0.128 e. The number of nitrogens with zero attached hydrogens (tertiary/aromatic N) is 3. The van der Waals surface area contributed by atoms with E-state index in [1.54, 1.807) is 6.20 Å². The van der Waals surface area contributed by atoms with Crippen molar-refractivity contribution in [3.63, 3.8) is 0 Å². The van der Waals surface area contributed by atoms with Gasteiger partial charge in [-0.3, -0.25) is 4.90 Å². The van der Waals surface area contributed by atoms with Gasteiger partial charge in [0.05, 0.1) is 12.2 Å². The van der Waals surface area contributed by atoms with Crippen LogP contribution < -0.4 is 4.90 Å². The third kappa shape index (κ3) is 4.16. The van der Waals surface area contributed by atoms with Crippen LogP contribution in [0.1, 0.15) is 19.4 Å². The third-order valence-corrected chi connectivity index (χ3v) is 3.30. The van der Waals surface area contributed by atoms with E-state index in [0.717, 1.165) is 37.6 Å². The Morgan fingerprint density at radius 3 is 2.37 bits per heavy atom. The van der Waals surface area contributed by atoms with Crippen LogP contribution in [0.3, 0.4) is 0 Å². The van der Waals surface area contributed by atoms with Gasteiger partial charge < -0.3 is 15.1 Å². The lowest BCUT2D eigenvalue weighted by Crippen LogP contribution is -2.50. The van der Waals surface area contributed by atoms with Gasteiger partial charge in [0.25, 0.3) is 0 Å². The largest absolute Gasteiger partial charge is 0.392 e. The summed E-state index contributed by atoms with van der Waals surface area (Å²) in [5, 5.41) is 18.8. The summed E-state index contributed by atoms with van der Waals surface area (Å²) in [6, 6.07) is 3.86. The summed E-state index contributed by atoms with van der Waals surface area (Å²) in [7, 11) is 0. The van der Waals surface area contributed by atoms with Crippen LogP contribution in [-0.4, -0.2) is 58.4 Å². The zero-order chi connectivity index (χ0) is 13.9. The number of β-amino-alcohol motifs (C(OH)–C–C–N with tert-alkyl or cyclic N) is 1. The van der Waals surface area contributed by atoms with Crippen LogP contribution in [0.4, 0.5) is 5.82 Å². The maximum absolute atomic E-state index is 9.82. The van der Waals surface area contributed by atoms with Gasteiger partial charge in [-0.2, -0.15) is 0 Å². The first kappa shape index (κ1) is 14.2. The van der Waals surface area contributed by atoms with E-state index >= 15 is 0 Å². The molecule has 1 aliphatic heterocycles. The summed E-state index contributed by atoms with van der Waals surface area (Å²) in [5.41, 5.74) is 0.202. The van der Waals surface area contributed by atoms with E-state index in [1.807, 2.05) is 26.0 Å². The molecular weight excluding hydrogens is 242 g/mol. The summed E-state index contributed by atoms with van der Waals surface area (Å²) >= 11 is 0. The minimum atomic E-state index is -0.636. The van der Waals surface area contributed by atoms with E-state index in [-0.39, 0.29) is 6.61 Å². The number of hydrogen-bond donors (Lipinski definition) is 2. The number of aliphatic hydroxyl groups is 2. The lowest BCUT2D eigenvalue weighted by molar-refractivity contribution is 0.0344. The predicted octanol–water partition coefficient (Wildman–Crippen LogP) is 0.467. The summed E-state index contributed by atoms with van der Waals surface area (Å²) in [6.45, 7) is 8.14. The Morgan fingerprint density at radius 1 is 1.21 bits per heavy atom. The number of aliphatic hydroxyl groups excluding tert-OH is 1. The van der Waals surface area contributed by atoms with Gasteiger partial charge in [0, 0.05) is 38.9 Å². The van der Waals surface area contributed by atoms with Crippen molar-refractivity contribution in [2.75, 3.05) is 37.6 Å². The van der Waals surface area contributed by atoms with E-state index in [4.69, 9.17) is 5.11 Å². The fraction of sp³-hybridized carbons (Fsp3) is 0.643. The van der Waals surface area contributed by atoms with Crippen LogP contribution in [0.5, 0.6) is 0 Å². The van der Waals surface area contributed by atoms with E-state index in [1.165, 1.54) is 0 Å². The molecule has 0 amide bonds. The van der Waals surface area contributed by atoms with E-state index in [9.17, 15) is 5.11 Å². The van der Waals surface area contributed by atoms with Gasteiger partial charge in [-0.25, -0.2) is 4.98 Å². The molecule has 0 unspecified atom stereocenters. The molecule has 0 radical (unpaired) electrons. The zero-order valence-corrected chi connectivity index (χ0v) is 11.7. The zero-order valence-electron chi connectivity index (χ0n) is 11.7. The number of piperazine rings is 1. The van der Waals surface area contributed by atoms with Crippen molar-refractivity contribution < 1.29 is 10.2 Å². The van der Waals surface area contributed by atoms with Crippen LogP contribution in [0.2, 0.25) is 0 Å². The minimum Gasteiger partial charge on any atom is -0.392 e. The molecular formula is C14H23N3O2. The average Bonchev–Trinajstić information content (AvgIpc) is 2.38. The van der Waals surface area contributed by atoms with Gasteiger partial charge in [-0.05, 0) is 25.5 Å². The Labute approximate surface area is 114 Å². The molecule has 0 bridgehead atoms. The fourth-order valence-electron chi connectivity index (χ4n) is 2.38.